The standard InChI is InChI=1S/C26H31N5O5S/c1-15(27)23(32)29-20(11-16-7-3-2-4-8-16)24(33)31-22(14-37)25(34)30-21(26(35)36)12-17-13-28-19-10-6-5-9-18(17)19/h2-10,13,15,20-22,28,37H,11-12,14,27H2,1H3,(H,29,32)(H,30,34)(H,31,33)(H,35,36). The first-order valence-electron chi connectivity index (χ1n) is 11.8. The summed E-state index contributed by atoms with van der Waals surface area (Å²) in [4.78, 5) is 53.3. The first-order chi connectivity index (χ1) is 17.7. The van der Waals surface area contributed by atoms with Crippen LogP contribution in [0.5, 0.6) is 0 Å². The number of H-pyrrole nitrogens is 1. The van der Waals surface area contributed by atoms with Crippen molar-refractivity contribution in [1.82, 2.24) is 20.9 Å². The molecule has 4 unspecified atom stereocenters. The number of carboxylic acids is 1. The second-order valence-electron chi connectivity index (χ2n) is 8.75. The molecule has 0 bridgehead atoms. The van der Waals surface area contributed by atoms with E-state index in [1.807, 2.05) is 42.5 Å². The molecule has 1 aromatic heterocycles. The van der Waals surface area contributed by atoms with Crippen molar-refractivity contribution >= 4 is 47.2 Å². The van der Waals surface area contributed by atoms with Gasteiger partial charge in [-0.15, -0.1) is 0 Å². The smallest absolute Gasteiger partial charge is 0.326 e. The Labute approximate surface area is 219 Å². The van der Waals surface area contributed by atoms with Crippen LogP contribution in [0.1, 0.15) is 18.1 Å². The number of carbonyl (C=O) groups excluding carboxylic acids is 3. The van der Waals surface area contributed by atoms with E-state index in [9.17, 15) is 24.3 Å². The maximum absolute atomic E-state index is 13.1. The number of carbonyl (C=O) groups is 4. The Balaban J connectivity index is 1.70. The molecule has 0 aliphatic rings. The van der Waals surface area contributed by atoms with Crippen molar-refractivity contribution < 1.29 is 24.3 Å². The summed E-state index contributed by atoms with van der Waals surface area (Å²) in [5.41, 5.74) is 8.03. The Kier molecular flexibility index (Phi) is 9.70. The first kappa shape index (κ1) is 27.8. The summed E-state index contributed by atoms with van der Waals surface area (Å²) in [6.07, 6.45) is 1.92. The van der Waals surface area contributed by atoms with Crippen molar-refractivity contribution in [3.8, 4) is 0 Å². The summed E-state index contributed by atoms with van der Waals surface area (Å²) in [6, 6.07) is 12.3. The third-order valence-corrected chi connectivity index (χ3v) is 6.22. The van der Waals surface area contributed by atoms with Gasteiger partial charge in [0.1, 0.15) is 18.1 Å². The van der Waals surface area contributed by atoms with Crippen LogP contribution in [0.3, 0.4) is 0 Å². The second kappa shape index (κ2) is 12.9. The molecule has 0 radical (unpaired) electrons. The van der Waals surface area contributed by atoms with E-state index in [1.54, 1.807) is 18.3 Å². The quantitative estimate of drug-likeness (QED) is 0.173. The minimum Gasteiger partial charge on any atom is -0.480 e. The zero-order chi connectivity index (χ0) is 26.9. The number of thiol groups is 1. The number of rotatable bonds is 12. The highest BCUT2D eigenvalue weighted by atomic mass is 32.1. The molecule has 3 amide bonds. The van der Waals surface area contributed by atoms with Gasteiger partial charge in [-0.1, -0.05) is 48.5 Å². The van der Waals surface area contributed by atoms with Crippen LogP contribution in [0.25, 0.3) is 10.9 Å². The molecule has 3 aromatic rings. The molecule has 7 N–H and O–H groups in total. The van der Waals surface area contributed by atoms with Crippen LogP contribution in [0, 0.1) is 0 Å². The predicted molar refractivity (Wildman–Crippen MR) is 143 cm³/mol. The minimum atomic E-state index is -1.23. The average Bonchev–Trinajstić information content (AvgIpc) is 3.29. The Morgan fingerprint density at radius 2 is 1.46 bits per heavy atom. The van der Waals surface area contributed by atoms with E-state index in [-0.39, 0.29) is 18.6 Å². The number of hydrogen-bond acceptors (Lipinski definition) is 6. The molecule has 0 saturated heterocycles. The topological polar surface area (TPSA) is 166 Å². The van der Waals surface area contributed by atoms with Crippen molar-refractivity contribution in [2.45, 2.75) is 43.9 Å². The number of hydrogen-bond donors (Lipinski definition) is 7. The number of aromatic nitrogens is 1. The lowest BCUT2D eigenvalue weighted by Gasteiger charge is -2.24. The van der Waals surface area contributed by atoms with Crippen LogP contribution < -0.4 is 21.7 Å². The third kappa shape index (κ3) is 7.58. The van der Waals surface area contributed by atoms with E-state index < -0.39 is 47.9 Å². The molecule has 0 fully saturated rings. The van der Waals surface area contributed by atoms with Crippen LogP contribution in [-0.2, 0) is 32.0 Å². The summed E-state index contributed by atoms with van der Waals surface area (Å²) in [5.74, 6) is -3.14. The van der Waals surface area contributed by atoms with Gasteiger partial charge in [0, 0.05) is 35.7 Å². The summed E-state index contributed by atoms with van der Waals surface area (Å²) < 4.78 is 0. The number of nitrogens with two attached hydrogens (primary N) is 1. The molecule has 3 rings (SSSR count). The maximum atomic E-state index is 13.1. The Morgan fingerprint density at radius 3 is 2.11 bits per heavy atom. The molecule has 11 heteroatoms. The second-order valence-corrected chi connectivity index (χ2v) is 9.11. The molecular weight excluding hydrogens is 494 g/mol. The van der Waals surface area contributed by atoms with Crippen LogP contribution in [0.4, 0.5) is 0 Å². The van der Waals surface area contributed by atoms with Gasteiger partial charge in [-0.3, -0.25) is 14.4 Å². The fourth-order valence-electron chi connectivity index (χ4n) is 3.82. The maximum Gasteiger partial charge on any atom is 0.326 e. The van der Waals surface area contributed by atoms with Crippen molar-refractivity contribution in [1.29, 1.82) is 0 Å². The number of benzene rings is 2. The Hall–Kier alpha value is -3.83. The molecule has 0 aliphatic carbocycles. The third-order valence-electron chi connectivity index (χ3n) is 5.86. The Morgan fingerprint density at radius 1 is 0.865 bits per heavy atom. The molecule has 0 aliphatic heterocycles. The number of aliphatic carboxylic acids is 1. The molecule has 0 saturated carbocycles. The van der Waals surface area contributed by atoms with Crippen molar-refractivity contribution in [3.63, 3.8) is 0 Å². The predicted octanol–water partition coefficient (Wildman–Crippen LogP) is 0.769. The fraction of sp³-hybridized carbons (Fsp3) is 0.308. The monoisotopic (exact) mass is 525 g/mol. The highest BCUT2D eigenvalue weighted by Crippen LogP contribution is 2.19. The molecule has 196 valence electrons. The van der Waals surface area contributed by atoms with Crippen molar-refractivity contribution in [2.75, 3.05) is 5.75 Å². The molecule has 0 spiro atoms. The van der Waals surface area contributed by atoms with Gasteiger partial charge in [-0.05, 0) is 24.1 Å². The number of fused-ring (bicyclic) bond motifs is 1. The Bertz CT molecular complexity index is 1250. The van der Waals surface area contributed by atoms with Gasteiger partial charge in [0.2, 0.25) is 17.7 Å². The van der Waals surface area contributed by atoms with Crippen LogP contribution in [0.2, 0.25) is 0 Å². The molecule has 4 atom stereocenters. The minimum absolute atomic E-state index is 0.0411. The highest BCUT2D eigenvalue weighted by molar-refractivity contribution is 7.80. The number of para-hydroxylation sites is 1. The summed E-state index contributed by atoms with van der Waals surface area (Å²) >= 11 is 4.18. The number of aromatic amines is 1. The van der Waals surface area contributed by atoms with Gasteiger partial charge in [0.15, 0.2) is 0 Å². The van der Waals surface area contributed by atoms with E-state index in [4.69, 9.17) is 5.73 Å². The lowest BCUT2D eigenvalue weighted by atomic mass is 10.0. The van der Waals surface area contributed by atoms with E-state index in [2.05, 4.69) is 33.6 Å². The van der Waals surface area contributed by atoms with Crippen molar-refractivity contribution in [2.24, 2.45) is 5.73 Å². The van der Waals surface area contributed by atoms with E-state index in [0.29, 0.717) is 0 Å². The lowest BCUT2D eigenvalue weighted by molar-refractivity contribution is -0.142. The summed E-state index contributed by atoms with van der Waals surface area (Å²) in [7, 11) is 0. The molecule has 10 nitrogen and oxygen atoms in total. The largest absolute Gasteiger partial charge is 0.480 e. The van der Waals surface area contributed by atoms with E-state index in [1.165, 1.54) is 6.92 Å². The summed E-state index contributed by atoms with van der Waals surface area (Å²) in [5, 5.41) is 18.3. The fourth-order valence-corrected chi connectivity index (χ4v) is 4.08. The van der Waals surface area contributed by atoms with Gasteiger partial charge in [0.25, 0.3) is 0 Å². The van der Waals surface area contributed by atoms with Crippen LogP contribution in [0.15, 0.2) is 60.8 Å². The van der Waals surface area contributed by atoms with Gasteiger partial charge >= 0.3 is 5.97 Å². The zero-order valence-corrected chi connectivity index (χ0v) is 21.2. The molecule has 1 heterocycles. The molecule has 37 heavy (non-hydrogen) atoms. The SMILES string of the molecule is CC(N)C(=O)NC(Cc1ccccc1)C(=O)NC(CS)C(=O)NC(Cc1c[nH]c2ccccc12)C(=O)O. The van der Waals surface area contributed by atoms with Crippen LogP contribution in [-0.4, -0.2) is 63.7 Å². The normalized spacial score (nSPS) is 14.2. The number of amides is 3. The van der Waals surface area contributed by atoms with Crippen molar-refractivity contribution in [3.05, 3.63) is 71.9 Å². The summed E-state index contributed by atoms with van der Waals surface area (Å²) in [6.45, 7) is 1.50. The average molecular weight is 526 g/mol. The highest BCUT2D eigenvalue weighted by Gasteiger charge is 2.30. The van der Waals surface area contributed by atoms with Gasteiger partial charge < -0.3 is 31.8 Å². The van der Waals surface area contributed by atoms with E-state index in [0.717, 1.165) is 22.0 Å². The first-order valence-corrected chi connectivity index (χ1v) is 12.4. The van der Waals surface area contributed by atoms with Crippen LogP contribution >= 0.6 is 12.6 Å². The van der Waals surface area contributed by atoms with E-state index >= 15 is 0 Å². The number of carboxylic acid groups (broad SMARTS) is 1. The van der Waals surface area contributed by atoms with Gasteiger partial charge in [-0.2, -0.15) is 12.6 Å². The lowest BCUT2D eigenvalue weighted by Crippen LogP contribution is -2.58. The number of nitrogens with one attached hydrogen (secondary N) is 4. The van der Waals surface area contributed by atoms with Gasteiger partial charge in [-0.25, -0.2) is 4.79 Å². The van der Waals surface area contributed by atoms with Gasteiger partial charge in [0.05, 0.1) is 6.04 Å². The zero-order valence-electron chi connectivity index (χ0n) is 20.3. The molecule has 2 aromatic carbocycles. The molecular formula is C26H31N5O5S.